The van der Waals surface area contributed by atoms with Crippen LogP contribution in [0, 0.1) is 11.8 Å². The minimum Gasteiger partial charge on any atom is -0.491 e. The van der Waals surface area contributed by atoms with Crippen LogP contribution in [-0.2, 0) is 0 Å². The van der Waals surface area contributed by atoms with Crippen LogP contribution in [0.3, 0.4) is 0 Å². The van der Waals surface area contributed by atoms with Gasteiger partial charge in [0.05, 0.1) is 12.8 Å². The van der Waals surface area contributed by atoms with Gasteiger partial charge >= 0.3 is 0 Å². The first-order valence-electron chi connectivity index (χ1n) is 3.97. The molecule has 0 atom stereocenters. The topological polar surface area (TPSA) is 22.1 Å². The van der Waals surface area contributed by atoms with Crippen molar-refractivity contribution in [2.75, 3.05) is 6.61 Å². The van der Waals surface area contributed by atoms with E-state index in [1.165, 1.54) is 0 Å². The molecule has 0 unspecified atom stereocenters. The molecule has 1 aromatic rings. The monoisotopic (exact) mass is 239 g/mol. The number of nitrogens with zero attached hydrogens (tertiary/aromatic N) is 1. The van der Waals surface area contributed by atoms with Gasteiger partial charge in [0.15, 0.2) is 0 Å². The van der Waals surface area contributed by atoms with Crippen molar-refractivity contribution in [3.05, 3.63) is 22.9 Å². The first-order valence-corrected chi connectivity index (χ1v) is 4.76. The van der Waals surface area contributed by atoms with Crippen LogP contribution in [0.25, 0.3) is 0 Å². The lowest BCUT2D eigenvalue weighted by molar-refractivity contribution is 0.326. The summed E-state index contributed by atoms with van der Waals surface area (Å²) in [5, 5.41) is 0. The molecule has 0 spiro atoms. The van der Waals surface area contributed by atoms with E-state index in [2.05, 4.69) is 32.8 Å². The number of hydrogen-bond donors (Lipinski definition) is 0. The first kappa shape index (κ1) is 10.1. The van der Waals surface area contributed by atoms with Gasteiger partial charge in [-0.05, 0) is 35.0 Å². The maximum atomic E-state index is 5.38. The molecule has 2 nitrogen and oxygen atoms in total. The van der Waals surface area contributed by atoms with Crippen LogP contribution in [0.15, 0.2) is 22.9 Å². The SMILES string of the molecule is CC#CCCOc1ccc(Br)nc1. The number of hydrogen-bond acceptors (Lipinski definition) is 2. The van der Waals surface area contributed by atoms with Crippen LogP contribution in [0.4, 0.5) is 0 Å². The lowest BCUT2D eigenvalue weighted by Crippen LogP contribution is -1.95. The third-order valence-corrected chi connectivity index (χ3v) is 1.84. The van der Waals surface area contributed by atoms with E-state index in [4.69, 9.17) is 4.74 Å². The molecule has 1 rings (SSSR count). The Balaban J connectivity index is 2.36. The summed E-state index contributed by atoms with van der Waals surface area (Å²) in [6.07, 6.45) is 2.44. The lowest BCUT2D eigenvalue weighted by atomic mass is 10.4. The van der Waals surface area contributed by atoms with Crippen molar-refractivity contribution >= 4 is 15.9 Å². The number of halogens is 1. The second-order valence-electron chi connectivity index (χ2n) is 2.34. The fourth-order valence-electron chi connectivity index (χ4n) is 0.793. The molecule has 3 heteroatoms. The normalized spacial score (nSPS) is 8.77. The molecule has 0 radical (unpaired) electrons. The summed E-state index contributed by atoms with van der Waals surface area (Å²) in [6.45, 7) is 2.44. The minimum absolute atomic E-state index is 0.615. The highest BCUT2D eigenvalue weighted by atomic mass is 79.9. The molecule has 0 N–H and O–H groups in total. The molecule has 0 saturated carbocycles. The van der Waals surface area contributed by atoms with E-state index in [0.717, 1.165) is 16.8 Å². The standard InChI is InChI=1S/C10H10BrNO/c1-2-3-4-7-13-9-5-6-10(11)12-8-9/h5-6,8H,4,7H2,1H3. The molecule has 0 fully saturated rings. The van der Waals surface area contributed by atoms with Gasteiger partial charge in [-0.15, -0.1) is 11.8 Å². The zero-order valence-corrected chi connectivity index (χ0v) is 8.97. The highest BCUT2D eigenvalue weighted by Gasteiger charge is 1.92. The minimum atomic E-state index is 0.615. The van der Waals surface area contributed by atoms with E-state index in [-0.39, 0.29) is 0 Å². The molecule has 68 valence electrons. The van der Waals surface area contributed by atoms with E-state index in [9.17, 15) is 0 Å². The van der Waals surface area contributed by atoms with Gasteiger partial charge in [0.25, 0.3) is 0 Å². The zero-order valence-electron chi connectivity index (χ0n) is 7.38. The van der Waals surface area contributed by atoms with E-state index in [1.54, 1.807) is 6.20 Å². The van der Waals surface area contributed by atoms with Gasteiger partial charge < -0.3 is 4.74 Å². The summed E-state index contributed by atoms with van der Waals surface area (Å²) in [7, 11) is 0. The summed E-state index contributed by atoms with van der Waals surface area (Å²) in [5.74, 6) is 6.51. The molecular formula is C10H10BrNO. The van der Waals surface area contributed by atoms with Crippen LogP contribution in [0.2, 0.25) is 0 Å². The van der Waals surface area contributed by atoms with Gasteiger partial charge in [0.2, 0.25) is 0 Å². The van der Waals surface area contributed by atoms with Crippen molar-refractivity contribution in [3.8, 4) is 17.6 Å². The van der Waals surface area contributed by atoms with E-state index in [0.29, 0.717) is 6.61 Å². The Hall–Kier alpha value is -1.01. The van der Waals surface area contributed by atoms with E-state index in [1.807, 2.05) is 19.1 Å². The smallest absolute Gasteiger partial charge is 0.137 e. The van der Waals surface area contributed by atoms with Gasteiger partial charge in [-0.25, -0.2) is 4.98 Å². The fraction of sp³-hybridized carbons (Fsp3) is 0.300. The van der Waals surface area contributed by atoms with Crippen LogP contribution in [0.5, 0.6) is 5.75 Å². The van der Waals surface area contributed by atoms with Crippen molar-refractivity contribution in [1.29, 1.82) is 0 Å². The Kier molecular flexibility index (Phi) is 4.34. The summed E-state index contributed by atoms with van der Waals surface area (Å²) in [6, 6.07) is 3.72. The van der Waals surface area contributed by atoms with Gasteiger partial charge in [0.1, 0.15) is 10.4 Å². The summed E-state index contributed by atoms with van der Waals surface area (Å²) < 4.78 is 6.19. The zero-order chi connectivity index (χ0) is 9.52. The Morgan fingerprint density at radius 1 is 1.54 bits per heavy atom. The highest BCUT2D eigenvalue weighted by Crippen LogP contribution is 2.12. The molecule has 0 aromatic carbocycles. The van der Waals surface area contributed by atoms with Crippen LogP contribution in [-0.4, -0.2) is 11.6 Å². The maximum Gasteiger partial charge on any atom is 0.137 e. The average Bonchev–Trinajstić information content (AvgIpc) is 2.15. The predicted molar refractivity (Wildman–Crippen MR) is 55.5 cm³/mol. The summed E-state index contributed by atoms with van der Waals surface area (Å²) in [5.41, 5.74) is 0. The average molecular weight is 240 g/mol. The number of pyridine rings is 1. The molecule has 0 saturated heterocycles. The third-order valence-electron chi connectivity index (χ3n) is 1.37. The van der Waals surface area contributed by atoms with Gasteiger partial charge in [-0.1, -0.05) is 0 Å². The fourth-order valence-corrected chi connectivity index (χ4v) is 1.03. The van der Waals surface area contributed by atoms with Crippen LogP contribution >= 0.6 is 15.9 Å². The van der Waals surface area contributed by atoms with Crippen LogP contribution in [0.1, 0.15) is 13.3 Å². The van der Waals surface area contributed by atoms with Gasteiger partial charge in [-0.2, -0.15) is 0 Å². The molecular weight excluding hydrogens is 230 g/mol. The number of rotatable bonds is 3. The first-order chi connectivity index (χ1) is 6.33. The largest absolute Gasteiger partial charge is 0.491 e. The third kappa shape index (κ3) is 3.95. The Bertz CT molecular complexity index is 310. The molecule has 0 bridgehead atoms. The van der Waals surface area contributed by atoms with E-state index < -0.39 is 0 Å². The molecule has 1 aromatic heterocycles. The van der Waals surface area contributed by atoms with Gasteiger partial charge in [-0.3, -0.25) is 0 Å². The van der Waals surface area contributed by atoms with Crippen molar-refractivity contribution in [2.45, 2.75) is 13.3 Å². The molecule has 1 heterocycles. The highest BCUT2D eigenvalue weighted by molar-refractivity contribution is 9.10. The Morgan fingerprint density at radius 3 is 3.00 bits per heavy atom. The molecule has 0 amide bonds. The molecule has 0 aliphatic carbocycles. The molecule has 0 aliphatic heterocycles. The molecule has 0 aliphatic rings. The number of ether oxygens (including phenoxy) is 1. The van der Waals surface area contributed by atoms with Crippen molar-refractivity contribution in [1.82, 2.24) is 4.98 Å². The summed E-state index contributed by atoms with van der Waals surface area (Å²) >= 11 is 3.25. The molecule has 13 heavy (non-hydrogen) atoms. The second kappa shape index (κ2) is 5.60. The predicted octanol–water partition coefficient (Wildman–Crippen LogP) is 2.64. The maximum absolute atomic E-state index is 5.38. The Labute approximate surface area is 86.5 Å². The second-order valence-corrected chi connectivity index (χ2v) is 3.15. The van der Waals surface area contributed by atoms with Crippen molar-refractivity contribution in [2.24, 2.45) is 0 Å². The van der Waals surface area contributed by atoms with Gasteiger partial charge in [0, 0.05) is 6.42 Å². The summed E-state index contributed by atoms with van der Waals surface area (Å²) in [4.78, 5) is 4.03. The Morgan fingerprint density at radius 2 is 2.38 bits per heavy atom. The van der Waals surface area contributed by atoms with Crippen molar-refractivity contribution in [3.63, 3.8) is 0 Å². The lowest BCUT2D eigenvalue weighted by Gasteiger charge is -2.02. The van der Waals surface area contributed by atoms with E-state index >= 15 is 0 Å². The quantitative estimate of drug-likeness (QED) is 0.460. The number of aromatic nitrogens is 1. The van der Waals surface area contributed by atoms with Crippen molar-refractivity contribution < 1.29 is 4.74 Å². The van der Waals surface area contributed by atoms with Crippen LogP contribution < -0.4 is 4.74 Å².